The van der Waals surface area contributed by atoms with Crippen LogP contribution in [0.4, 0.5) is 0 Å². The quantitative estimate of drug-likeness (QED) is 0.788. The third kappa shape index (κ3) is 4.97. The van der Waals surface area contributed by atoms with Gasteiger partial charge in [0.2, 0.25) is 0 Å². The average molecular weight is 258 g/mol. The molecule has 1 aliphatic carbocycles. The molecule has 6 heteroatoms. The van der Waals surface area contributed by atoms with Gasteiger partial charge in [-0.25, -0.2) is 0 Å². The number of hydrogen-bond acceptors (Lipinski definition) is 3. The van der Waals surface area contributed by atoms with Crippen molar-refractivity contribution in [3.63, 3.8) is 0 Å². The molecule has 0 aromatic heterocycles. The summed E-state index contributed by atoms with van der Waals surface area (Å²) in [5, 5.41) is 8.05. The smallest absolute Gasteiger partial charge is 0.306 e. The summed E-state index contributed by atoms with van der Waals surface area (Å²) in [5.41, 5.74) is 0.956. The van der Waals surface area contributed by atoms with Crippen LogP contribution < -0.4 is 0 Å². The summed E-state index contributed by atoms with van der Waals surface area (Å²) < 4.78 is 29.6. The van der Waals surface area contributed by atoms with Gasteiger partial charge in [0.15, 0.2) is 0 Å². The molecule has 1 aromatic rings. The van der Waals surface area contributed by atoms with E-state index >= 15 is 0 Å². The van der Waals surface area contributed by atoms with E-state index in [4.69, 9.17) is 9.66 Å². The molecule has 0 unspecified atom stereocenters. The van der Waals surface area contributed by atoms with Crippen molar-refractivity contribution in [2.45, 2.75) is 24.7 Å². The zero-order valence-electron chi connectivity index (χ0n) is 9.33. The molecule has 1 saturated carbocycles. The third-order valence-electron chi connectivity index (χ3n) is 2.25. The molecule has 0 bridgehead atoms. The molecule has 0 amide bonds. The molecule has 1 fully saturated rings. The second-order valence-electron chi connectivity index (χ2n) is 3.90. The minimum atomic E-state index is -4.02. The van der Waals surface area contributed by atoms with Gasteiger partial charge >= 0.3 is 5.97 Å². The molecule has 0 atom stereocenters. The molecule has 0 saturated heterocycles. The van der Waals surface area contributed by atoms with Crippen LogP contribution in [-0.4, -0.2) is 24.0 Å². The van der Waals surface area contributed by atoms with Crippen molar-refractivity contribution in [2.75, 3.05) is 0 Å². The molecule has 1 aliphatic rings. The van der Waals surface area contributed by atoms with Crippen molar-refractivity contribution >= 4 is 16.1 Å². The van der Waals surface area contributed by atoms with Gasteiger partial charge in [0.25, 0.3) is 10.1 Å². The summed E-state index contributed by atoms with van der Waals surface area (Å²) in [6.07, 6.45) is 1.80. The number of rotatable bonds is 2. The first-order chi connectivity index (χ1) is 7.80. The first-order valence-corrected chi connectivity index (χ1v) is 6.51. The summed E-state index contributed by atoms with van der Waals surface area (Å²) in [6, 6.07) is 5.99. The van der Waals surface area contributed by atoms with Crippen molar-refractivity contribution in [2.24, 2.45) is 5.92 Å². The molecule has 2 N–H and O–H groups in total. The van der Waals surface area contributed by atoms with Gasteiger partial charge in [-0.3, -0.25) is 9.35 Å². The lowest BCUT2D eigenvalue weighted by atomic mass is 10.2. The normalized spacial score (nSPS) is 14.7. The van der Waals surface area contributed by atoms with Gasteiger partial charge in [0.1, 0.15) is 0 Å². The number of carboxylic acids is 1. The Hall–Kier alpha value is -1.40. The van der Waals surface area contributed by atoms with Gasteiger partial charge in [-0.1, -0.05) is 17.7 Å². The number of aliphatic carboxylic acids is 1. The fourth-order valence-corrected chi connectivity index (χ4v) is 1.52. The molecule has 94 valence electrons. The van der Waals surface area contributed by atoms with Crippen molar-refractivity contribution in [3.05, 3.63) is 29.8 Å². The second-order valence-corrected chi connectivity index (χ2v) is 5.32. The Labute approximate surface area is 99.8 Å². The summed E-state index contributed by atoms with van der Waals surface area (Å²) >= 11 is 0. The Bertz CT molecular complexity index is 485. The SMILES string of the molecule is Cc1ccc(S(=O)(=O)O)cc1.O=C(O)C1CC1. The lowest BCUT2D eigenvalue weighted by Crippen LogP contribution is -1.96. The van der Waals surface area contributed by atoms with E-state index in [9.17, 15) is 13.2 Å². The van der Waals surface area contributed by atoms with E-state index in [1.165, 1.54) is 12.1 Å². The average Bonchev–Trinajstić information content (AvgIpc) is 3.00. The lowest BCUT2D eigenvalue weighted by Gasteiger charge is -1.95. The zero-order chi connectivity index (χ0) is 13.1. The molecule has 2 rings (SSSR count). The Morgan fingerprint density at radius 2 is 1.71 bits per heavy atom. The topological polar surface area (TPSA) is 91.7 Å². The first-order valence-electron chi connectivity index (χ1n) is 5.07. The van der Waals surface area contributed by atoms with Crippen molar-refractivity contribution in [1.29, 1.82) is 0 Å². The number of carboxylic acid groups (broad SMARTS) is 1. The maximum atomic E-state index is 10.5. The van der Waals surface area contributed by atoms with E-state index in [1.807, 2.05) is 6.92 Å². The van der Waals surface area contributed by atoms with E-state index in [1.54, 1.807) is 12.1 Å². The van der Waals surface area contributed by atoms with E-state index in [0.29, 0.717) is 0 Å². The fourth-order valence-electron chi connectivity index (χ4n) is 1.04. The number of benzene rings is 1. The Morgan fingerprint density at radius 1 is 1.24 bits per heavy atom. The van der Waals surface area contributed by atoms with E-state index in [0.717, 1.165) is 18.4 Å². The summed E-state index contributed by atoms with van der Waals surface area (Å²) in [7, 11) is -4.02. The predicted molar refractivity (Wildman–Crippen MR) is 61.4 cm³/mol. The van der Waals surface area contributed by atoms with Crippen LogP contribution >= 0.6 is 0 Å². The second kappa shape index (κ2) is 5.29. The first kappa shape index (κ1) is 13.7. The molecule has 0 radical (unpaired) electrons. The summed E-state index contributed by atoms with van der Waals surface area (Å²) in [4.78, 5) is 9.70. The van der Waals surface area contributed by atoms with Crippen LogP contribution in [0.3, 0.4) is 0 Å². The monoisotopic (exact) mass is 258 g/mol. The number of carbonyl (C=O) groups is 1. The maximum absolute atomic E-state index is 10.5. The van der Waals surface area contributed by atoms with Crippen LogP contribution in [0.5, 0.6) is 0 Å². The minimum Gasteiger partial charge on any atom is -0.481 e. The van der Waals surface area contributed by atoms with Crippen molar-refractivity contribution in [3.8, 4) is 0 Å². The van der Waals surface area contributed by atoms with E-state index in [2.05, 4.69) is 0 Å². The highest BCUT2D eigenvalue weighted by molar-refractivity contribution is 7.85. The maximum Gasteiger partial charge on any atom is 0.306 e. The molecule has 0 spiro atoms. The van der Waals surface area contributed by atoms with Gasteiger partial charge in [-0.05, 0) is 31.9 Å². The molecule has 5 nitrogen and oxygen atoms in total. The summed E-state index contributed by atoms with van der Waals surface area (Å²) in [5.74, 6) is -0.611. The van der Waals surface area contributed by atoms with Crippen LogP contribution in [0.1, 0.15) is 18.4 Å². The molecule has 17 heavy (non-hydrogen) atoms. The van der Waals surface area contributed by atoms with Gasteiger partial charge in [-0.15, -0.1) is 0 Å². The van der Waals surface area contributed by atoms with Gasteiger partial charge in [0, 0.05) is 0 Å². The highest BCUT2D eigenvalue weighted by Gasteiger charge is 2.28. The van der Waals surface area contributed by atoms with Crippen molar-refractivity contribution in [1.82, 2.24) is 0 Å². The van der Waals surface area contributed by atoms with E-state index in [-0.39, 0.29) is 10.8 Å². The highest BCUT2D eigenvalue weighted by Crippen LogP contribution is 2.28. The standard InChI is InChI=1S/C7H8O3S.C4H6O2/c1-6-2-4-7(5-3-6)11(8,9)10;5-4(6)3-1-2-3/h2-5H,1H3,(H,8,9,10);3H,1-2H2,(H,5,6). The molecular weight excluding hydrogens is 244 g/mol. The minimum absolute atomic E-state index is 0.0185. The molecule has 0 aliphatic heterocycles. The highest BCUT2D eigenvalue weighted by atomic mass is 32.2. The molecule has 0 heterocycles. The largest absolute Gasteiger partial charge is 0.481 e. The Kier molecular flexibility index (Phi) is 4.25. The van der Waals surface area contributed by atoms with Gasteiger partial charge in [0.05, 0.1) is 10.8 Å². The number of hydrogen-bond donors (Lipinski definition) is 2. The van der Waals surface area contributed by atoms with Crippen LogP contribution in [0, 0.1) is 12.8 Å². The van der Waals surface area contributed by atoms with Crippen LogP contribution in [-0.2, 0) is 14.9 Å². The lowest BCUT2D eigenvalue weighted by molar-refractivity contribution is -0.138. The van der Waals surface area contributed by atoms with Gasteiger partial charge < -0.3 is 5.11 Å². The summed E-state index contributed by atoms with van der Waals surface area (Å²) in [6.45, 7) is 1.84. The molecule has 1 aromatic carbocycles. The zero-order valence-corrected chi connectivity index (χ0v) is 10.1. The van der Waals surface area contributed by atoms with Crippen LogP contribution in [0.2, 0.25) is 0 Å². The van der Waals surface area contributed by atoms with Crippen molar-refractivity contribution < 1.29 is 22.9 Å². The predicted octanol–water partition coefficient (Wildman–Crippen LogP) is 1.72. The Morgan fingerprint density at radius 3 is 1.94 bits per heavy atom. The third-order valence-corrected chi connectivity index (χ3v) is 3.11. The fraction of sp³-hybridized carbons (Fsp3) is 0.364. The van der Waals surface area contributed by atoms with Crippen LogP contribution in [0.15, 0.2) is 29.2 Å². The van der Waals surface area contributed by atoms with E-state index < -0.39 is 16.1 Å². The molecular formula is C11H14O5S. The van der Waals surface area contributed by atoms with Crippen LogP contribution in [0.25, 0.3) is 0 Å². The van der Waals surface area contributed by atoms with Gasteiger partial charge in [-0.2, -0.15) is 8.42 Å². The number of aryl methyl sites for hydroxylation is 1. The Balaban J connectivity index is 0.000000202.